The predicted molar refractivity (Wildman–Crippen MR) is 185 cm³/mol. The summed E-state index contributed by atoms with van der Waals surface area (Å²) in [5, 5.41) is 12.5. The number of carboxylic acid groups (broad SMARTS) is 1. The van der Waals surface area contributed by atoms with Crippen LogP contribution in [0.5, 0.6) is 0 Å². The van der Waals surface area contributed by atoms with Crippen LogP contribution in [0.2, 0.25) is 0 Å². The van der Waals surface area contributed by atoms with Crippen LogP contribution in [0.1, 0.15) is 99.5 Å². The van der Waals surface area contributed by atoms with Gasteiger partial charge in [-0.3, -0.25) is 4.79 Å². The molecule has 2 aromatic rings. The number of hydrogen-bond donors (Lipinski definition) is 2. The highest BCUT2D eigenvalue weighted by molar-refractivity contribution is 7.98. The second-order valence-corrected chi connectivity index (χ2v) is 13.5. The van der Waals surface area contributed by atoms with E-state index in [-0.39, 0.29) is 6.09 Å². The Morgan fingerprint density at radius 1 is 1.04 bits per heavy atom. The van der Waals surface area contributed by atoms with E-state index < -0.39 is 17.9 Å². The van der Waals surface area contributed by atoms with E-state index in [0.717, 1.165) is 60.8 Å². The molecule has 1 aliphatic carbocycles. The number of nitrogens with zero attached hydrogens (tertiary/aromatic N) is 1. The van der Waals surface area contributed by atoms with Crippen LogP contribution >= 0.6 is 11.8 Å². The summed E-state index contributed by atoms with van der Waals surface area (Å²) in [5.41, 5.74) is 4.17. The van der Waals surface area contributed by atoms with Gasteiger partial charge in [-0.15, -0.1) is 0 Å². The maximum Gasteiger partial charge on any atom is 0.409 e. The Balaban J connectivity index is 1.83. The molecule has 1 saturated carbocycles. The summed E-state index contributed by atoms with van der Waals surface area (Å²) in [6.45, 7) is 8.07. The largest absolute Gasteiger partial charge is 0.480 e. The Morgan fingerprint density at radius 2 is 1.80 bits per heavy atom. The second kappa shape index (κ2) is 19.5. The van der Waals surface area contributed by atoms with Crippen LogP contribution in [0.25, 0.3) is 11.1 Å². The number of unbranched alkanes of at least 4 members (excludes halogenated alkanes) is 1. The average Bonchev–Trinajstić information content (AvgIpc) is 3.05. The van der Waals surface area contributed by atoms with Crippen molar-refractivity contribution in [2.45, 2.75) is 97.4 Å². The number of amides is 2. The zero-order chi connectivity index (χ0) is 32.6. The van der Waals surface area contributed by atoms with Gasteiger partial charge in [0.1, 0.15) is 6.04 Å². The fourth-order valence-corrected chi connectivity index (χ4v) is 6.62. The molecule has 0 bridgehead atoms. The minimum absolute atomic E-state index is 0.226. The molecule has 45 heavy (non-hydrogen) atoms. The number of hydrogen-bond acceptors (Lipinski definition) is 5. The Hall–Kier alpha value is -3.00. The summed E-state index contributed by atoms with van der Waals surface area (Å²) >= 11 is 1.55. The third-order valence-corrected chi connectivity index (χ3v) is 9.74. The molecule has 0 heterocycles. The van der Waals surface area contributed by atoms with Crippen LogP contribution in [0.4, 0.5) is 4.79 Å². The van der Waals surface area contributed by atoms with Crippen molar-refractivity contribution in [2.24, 2.45) is 11.8 Å². The molecule has 1 unspecified atom stereocenters. The topological polar surface area (TPSA) is 95.9 Å². The number of carbonyl (C=O) groups excluding carboxylic acids is 2. The minimum atomic E-state index is -1.04. The Bertz CT molecular complexity index is 1230. The van der Waals surface area contributed by atoms with Crippen LogP contribution < -0.4 is 5.32 Å². The van der Waals surface area contributed by atoms with Crippen molar-refractivity contribution in [1.82, 2.24) is 10.2 Å². The smallest absolute Gasteiger partial charge is 0.409 e. The summed E-state index contributed by atoms with van der Waals surface area (Å²) in [4.78, 5) is 40.7. The van der Waals surface area contributed by atoms with E-state index >= 15 is 0 Å². The zero-order valence-corrected chi connectivity index (χ0v) is 28.6. The SMILES string of the molecule is CCCCC(CC)COC(=O)N(CCc1ccc(C(=O)N[C@@H](CCSC)C(=O)O)c(-c2ccccc2C)c1)CC1CCCCC1. The molecule has 0 aromatic heterocycles. The van der Waals surface area contributed by atoms with Gasteiger partial charge in [-0.1, -0.05) is 88.8 Å². The van der Waals surface area contributed by atoms with E-state index in [0.29, 0.717) is 55.7 Å². The number of aryl methyl sites for hydroxylation is 1. The van der Waals surface area contributed by atoms with E-state index in [4.69, 9.17) is 4.74 Å². The Morgan fingerprint density at radius 3 is 2.47 bits per heavy atom. The van der Waals surface area contributed by atoms with Crippen LogP contribution in [0.15, 0.2) is 42.5 Å². The van der Waals surface area contributed by atoms with Gasteiger partial charge >= 0.3 is 12.1 Å². The van der Waals surface area contributed by atoms with Gasteiger partial charge in [0.05, 0.1) is 6.61 Å². The molecule has 0 aliphatic heterocycles. The normalized spacial score (nSPS) is 14.8. The molecule has 2 atom stereocenters. The van der Waals surface area contributed by atoms with E-state index in [2.05, 4.69) is 19.2 Å². The van der Waals surface area contributed by atoms with Crippen molar-refractivity contribution in [3.8, 4) is 11.1 Å². The molecule has 0 saturated heterocycles. The van der Waals surface area contributed by atoms with Gasteiger partial charge in [0.15, 0.2) is 0 Å². The monoisotopic (exact) mass is 638 g/mol. The summed E-state index contributed by atoms with van der Waals surface area (Å²) < 4.78 is 5.91. The number of rotatable bonds is 18. The molecular formula is C37H54N2O5S. The first-order chi connectivity index (χ1) is 21.8. The highest BCUT2D eigenvalue weighted by Crippen LogP contribution is 2.29. The third kappa shape index (κ3) is 11.7. The highest BCUT2D eigenvalue weighted by Gasteiger charge is 2.25. The van der Waals surface area contributed by atoms with Gasteiger partial charge in [0.2, 0.25) is 0 Å². The lowest BCUT2D eigenvalue weighted by Gasteiger charge is -2.30. The maximum atomic E-state index is 13.5. The molecule has 7 nitrogen and oxygen atoms in total. The summed E-state index contributed by atoms with van der Waals surface area (Å²) in [6, 6.07) is 12.7. The van der Waals surface area contributed by atoms with Crippen molar-refractivity contribution in [3.05, 3.63) is 59.2 Å². The predicted octanol–water partition coefficient (Wildman–Crippen LogP) is 8.38. The van der Waals surface area contributed by atoms with Gasteiger partial charge in [-0.2, -0.15) is 11.8 Å². The highest BCUT2D eigenvalue weighted by atomic mass is 32.2. The summed E-state index contributed by atoms with van der Waals surface area (Å²) in [7, 11) is 0. The molecule has 3 rings (SSSR count). The summed E-state index contributed by atoms with van der Waals surface area (Å²) in [6.07, 6.45) is 13.0. The molecule has 1 aliphatic rings. The molecule has 248 valence electrons. The maximum absolute atomic E-state index is 13.5. The standard InChI is InChI=1S/C37H54N2O5S/c1-5-7-14-28(6-2)26-44-37(43)39(25-30-15-9-8-10-16-30)22-20-29-18-19-32(33(24-29)31-17-12-11-13-27(31)3)35(40)38-34(36(41)42)21-23-45-4/h11-13,17-19,24,28,30,34H,5-10,14-16,20-23,25-26H2,1-4H3,(H,38,40)(H,41,42)/t28?,34-/m0/s1. The van der Waals surface area contributed by atoms with Crippen molar-refractivity contribution in [2.75, 3.05) is 31.7 Å². The first-order valence-electron chi connectivity index (χ1n) is 16.9. The lowest BCUT2D eigenvalue weighted by atomic mass is 9.89. The first-order valence-corrected chi connectivity index (χ1v) is 18.3. The second-order valence-electron chi connectivity index (χ2n) is 12.5. The van der Waals surface area contributed by atoms with E-state index in [9.17, 15) is 19.5 Å². The van der Waals surface area contributed by atoms with Crippen molar-refractivity contribution in [3.63, 3.8) is 0 Å². The van der Waals surface area contributed by atoms with Gasteiger partial charge in [0.25, 0.3) is 5.91 Å². The first kappa shape index (κ1) is 36.5. The van der Waals surface area contributed by atoms with Crippen LogP contribution in [0.3, 0.4) is 0 Å². The molecule has 2 N–H and O–H groups in total. The number of aliphatic carboxylic acids is 1. The van der Waals surface area contributed by atoms with Crippen molar-refractivity contribution < 1.29 is 24.2 Å². The fraction of sp³-hybridized carbons (Fsp3) is 0.595. The number of carbonyl (C=O) groups is 3. The Kier molecular flexibility index (Phi) is 15.8. The van der Waals surface area contributed by atoms with Crippen molar-refractivity contribution in [1.29, 1.82) is 0 Å². The van der Waals surface area contributed by atoms with Crippen LogP contribution in [-0.2, 0) is 16.0 Å². The molecule has 0 radical (unpaired) electrons. The number of thioether (sulfide) groups is 1. The Labute approximate surface area is 274 Å². The number of nitrogens with one attached hydrogen (secondary N) is 1. The average molecular weight is 639 g/mol. The fourth-order valence-electron chi connectivity index (χ4n) is 6.15. The zero-order valence-electron chi connectivity index (χ0n) is 27.8. The third-order valence-electron chi connectivity index (χ3n) is 9.10. The van der Waals surface area contributed by atoms with Gasteiger partial charge in [-0.05, 0) is 91.2 Å². The molecule has 2 amide bonds. The number of carboxylic acids is 1. The molecule has 8 heteroatoms. The van der Waals surface area contributed by atoms with Gasteiger partial charge < -0.3 is 20.1 Å². The van der Waals surface area contributed by atoms with Gasteiger partial charge in [-0.25, -0.2) is 9.59 Å². The molecular weight excluding hydrogens is 584 g/mol. The minimum Gasteiger partial charge on any atom is -0.480 e. The molecule has 2 aromatic carbocycles. The summed E-state index contributed by atoms with van der Waals surface area (Å²) in [5.74, 6) is 0.0900. The van der Waals surface area contributed by atoms with Gasteiger partial charge in [0, 0.05) is 18.7 Å². The van der Waals surface area contributed by atoms with Crippen molar-refractivity contribution >= 4 is 29.7 Å². The molecule has 1 fully saturated rings. The lowest BCUT2D eigenvalue weighted by Crippen LogP contribution is -2.41. The number of ether oxygens (including phenoxy) is 1. The van der Waals surface area contributed by atoms with Crippen LogP contribution in [0, 0.1) is 18.8 Å². The van der Waals surface area contributed by atoms with E-state index in [1.807, 2.05) is 54.5 Å². The van der Waals surface area contributed by atoms with Crippen LogP contribution in [-0.4, -0.2) is 65.7 Å². The molecule has 0 spiro atoms. The van der Waals surface area contributed by atoms with E-state index in [1.165, 1.54) is 19.3 Å². The quantitative estimate of drug-likeness (QED) is 0.170. The van der Waals surface area contributed by atoms with E-state index in [1.54, 1.807) is 17.8 Å². The number of benzene rings is 2. The lowest BCUT2D eigenvalue weighted by molar-refractivity contribution is -0.139.